The summed E-state index contributed by atoms with van der Waals surface area (Å²) in [7, 11) is 0. The van der Waals surface area contributed by atoms with Gasteiger partial charge in [0.15, 0.2) is 0 Å². The van der Waals surface area contributed by atoms with Gasteiger partial charge in [-0.15, -0.1) is 12.4 Å². The van der Waals surface area contributed by atoms with Gasteiger partial charge >= 0.3 is 0 Å². The lowest BCUT2D eigenvalue weighted by Gasteiger charge is -2.29. The highest BCUT2D eigenvalue weighted by atomic mass is 35.5. The zero-order chi connectivity index (χ0) is 14.8. The SMILES string of the molecule is CC(C)(CNC(=O)C1(N)CCCC1)c1ccc(F)cc1.Cl. The van der Waals surface area contributed by atoms with E-state index in [9.17, 15) is 9.18 Å². The Morgan fingerprint density at radius 3 is 2.33 bits per heavy atom. The molecule has 1 aliphatic rings. The molecule has 3 N–H and O–H groups in total. The summed E-state index contributed by atoms with van der Waals surface area (Å²) in [5.74, 6) is -0.314. The van der Waals surface area contributed by atoms with Crippen molar-refractivity contribution in [2.24, 2.45) is 5.73 Å². The van der Waals surface area contributed by atoms with E-state index in [1.165, 1.54) is 12.1 Å². The Labute approximate surface area is 131 Å². The Morgan fingerprint density at radius 2 is 1.81 bits per heavy atom. The topological polar surface area (TPSA) is 55.1 Å². The number of nitrogens with two attached hydrogens (primary N) is 1. The van der Waals surface area contributed by atoms with Crippen molar-refractivity contribution in [2.45, 2.75) is 50.5 Å². The lowest BCUT2D eigenvalue weighted by molar-refractivity contribution is -0.126. The summed E-state index contributed by atoms with van der Waals surface area (Å²) in [6, 6.07) is 6.41. The number of amides is 1. The third-order valence-electron chi connectivity index (χ3n) is 4.26. The van der Waals surface area contributed by atoms with E-state index < -0.39 is 5.54 Å². The first kappa shape index (κ1) is 17.9. The Hall–Kier alpha value is -1.13. The number of carbonyl (C=O) groups is 1. The summed E-state index contributed by atoms with van der Waals surface area (Å²) in [6.45, 7) is 4.55. The van der Waals surface area contributed by atoms with E-state index in [1.807, 2.05) is 13.8 Å². The highest BCUT2D eigenvalue weighted by Gasteiger charge is 2.37. The molecule has 1 aromatic rings. The Morgan fingerprint density at radius 1 is 1.29 bits per heavy atom. The van der Waals surface area contributed by atoms with Crippen molar-refractivity contribution in [3.63, 3.8) is 0 Å². The molecule has 0 aliphatic heterocycles. The minimum Gasteiger partial charge on any atom is -0.354 e. The zero-order valence-electron chi connectivity index (χ0n) is 12.6. The standard InChI is InChI=1S/C16H23FN2O.ClH/c1-15(2,12-5-7-13(17)8-6-12)11-19-14(20)16(18)9-3-4-10-16;/h5-8H,3-4,9-11,18H2,1-2H3,(H,19,20);1H. The van der Waals surface area contributed by atoms with Gasteiger partial charge in [0.25, 0.3) is 0 Å². The molecule has 1 fully saturated rings. The second-order valence-electron chi connectivity index (χ2n) is 6.44. The maximum Gasteiger partial charge on any atom is 0.240 e. The normalized spacial score (nSPS) is 17.1. The van der Waals surface area contributed by atoms with Crippen LogP contribution in [0.15, 0.2) is 24.3 Å². The molecule has 1 saturated carbocycles. The van der Waals surface area contributed by atoms with Gasteiger partial charge in [-0.3, -0.25) is 4.79 Å². The van der Waals surface area contributed by atoms with E-state index >= 15 is 0 Å². The number of hydrogen-bond donors (Lipinski definition) is 2. The summed E-state index contributed by atoms with van der Waals surface area (Å²) in [6.07, 6.45) is 3.56. The fourth-order valence-corrected chi connectivity index (χ4v) is 2.71. The van der Waals surface area contributed by atoms with Gasteiger partial charge in [0, 0.05) is 12.0 Å². The third kappa shape index (κ3) is 4.17. The molecule has 0 aromatic heterocycles. The van der Waals surface area contributed by atoms with E-state index in [4.69, 9.17) is 5.73 Å². The van der Waals surface area contributed by atoms with Crippen LogP contribution in [-0.4, -0.2) is 18.0 Å². The second-order valence-corrected chi connectivity index (χ2v) is 6.44. The Bertz CT molecular complexity index is 482. The summed E-state index contributed by atoms with van der Waals surface area (Å²) in [5.41, 5.74) is 6.18. The molecule has 0 saturated heterocycles. The van der Waals surface area contributed by atoms with E-state index in [0.717, 1.165) is 31.2 Å². The van der Waals surface area contributed by atoms with Gasteiger partial charge in [-0.25, -0.2) is 4.39 Å². The van der Waals surface area contributed by atoms with E-state index in [1.54, 1.807) is 12.1 Å². The fourth-order valence-electron chi connectivity index (χ4n) is 2.71. The Balaban J connectivity index is 0.00000220. The average molecular weight is 315 g/mol. The number of nitrogens with one attached hydrogen (secondary N) is 1. The maximum absolute atomic E-state index is 13.0. The number of carbonyl (C=O) groups excluding carboxylic acids is 1. The number of hydrogen-bond acceptors (Lipinski definition) is 2. The lowest BCUT2D eigenvalue weighted by atomic mass is 9.84. The molecule has 1 amide bonds. The molecular formula is C16H24ClFN2O. The fraction of sp³-hybridized carbons (Fsp3) is 0.562. The molecule has 1 aromatic carbocycles. The highest BCUT2D eigenvalue weighted by Crippen LogP contribution is 2.28. The van der Waals surface area contributed by atoms with Crippen molar-refractivity contribution < 1.29 is 9.18 Å². The van der Waals surface area contributed by atoms with Crippen LogP contribution in [0, 0.1) is 5.82 Å². The van der Waals surface area contributed by atoms with Crippen LogP contribution in [-0.2, 0) is 10.2 Å². The van der Waals surface area contributed by atoms with E-state index in [-0.39, 0.29) is 29.5 Å². The Kier molecular flexibility index (Phi) is 5.76. The van der Waals surface area contributed by atoms with Crippen LogP contribution in [0.3, 0.4) is 0 Å². The molecule has 5 heteroatoms. The predicted molar refractivity (Wildman–Crippen MR) is 85.1 cm³/mol. The van der Waals surface area contributed by atoms with Crippen molar-refractivity contribution in [1.82, 2.24) is 5.32 Å². The van der Waals surface area contributed by atoms with Gasteiger partial charge < -0.3 is 11.1 Å². The molecule has 1 aliphatic carbocycles. The molecular weight excluding hydrogens is 291 g/mol. The minimum absolute atomic E-state index is 0. The molecule has 0 heterocycles. The van der Waals surface area contributed by atoms with Gasteiger partial charge in [-0.2, -0.15) is 0 Å². The molecule has 21 heavy (non-hydrogen) atoms. The van der Waals surface area contributed by atoms with Crippen molar-refractivity contribution in [3.05, 3.63) is 35.6 Å². The van der Waals surface area contributed by atoms with Gasteiger partial charge in [-0.05, 0) is 30.5 Å². The number of rotatable bonds is 4. The van der Waals surface area contributed by atoms with E-state index in [2.05, 4.69) is 5.32 Å². The summed E-state index contributed by atoms with van der Waals surface area (Å²) >= 11 is 0. The molecule has 118 valence electrons. The first-order valence-corrected chi connectivity index (χ1v) is 7.17. The van der Waals surface area contributed by atoms with Crippen LogP contribution in [0.2, 0.25) is 0 Å². The van der Waals surface area contributed by atoms with Crippen molar-refractivity contribution in [3.8, 4) is 0 Å². The number of halogens is 2. The number of benzene rings is 1. The van der Waals surface area contributed by atoms with Crippen LogP contribution >= 0.6 is 12.4 Å². The lowest BCUT2D eigenvalue weighted by Crippen LogP contribution is -2.53. The van der Waals surface area contributed by atoms with Crippen molar-refractivity contribution >= 4 is 18.3 Å². The molecule has 0 atom stereocenters. The smallest absolute Gasteiger partial charge is 0.240 e. The summed E-state index contributed by atoms with van der Waals surface area (Å²) < 4.78 is 13.0. The maximum atomic E-state index is 13.0. The van der Waals surface area contributed by atoms with Crippen LogP contribution in [0.1, 0.15) is 45.1 Å². The van der Waals surface area contributed by atoms with Gasteiger partial charge in [0.1, 0.15) is 5.82 Å². The van der Waals surface area contributed by atoms with Crippen LogP contribution < -0.4 is 11.1 Å². The first-order chi connectivity index (χ1) is 9.33. The molecule has 3 nitrogen and oxygen atoms in total. The van der Waals surface area contributed by atoms with Crippen molar-refractivity contribution in [2.75, 3.05) is 6.54 Å². The molecule has 0 spiro atoms. The molecule has 0 bridgehead atoms. The molecule has 2 rings (SSSR count). The largest absolute Gasteiger partial charge is 0.354 e. The molecule has 0 unspecified atom stereocenters. The van der Waals surface area contributed by atoms with Gasteiger partial charge in [-0.1, -0.05) is 38.8 Å². The van der Waals surface area contributed by atoms with Gasteiger partial charge in [0.2, 0.25) is 5.91 Å². The monoisotopic (exact) mass is 314 g/mol. The summed E-state index contributed by atoms with van der Waals surface area (Å²) in [4.78, 5) is 12.2. The first-order valence-electron chi connectivity index (χ1n) is 7.17. The van der Waals surface area contributed by atoms with E-state index in [0.29, 0.717) is 6.54 Å². The van der Waals surface area contributed by atoms with Crippen LogP contribution in [0.25, 0.3) is 0 Å². The third-order valence-corrected chi connectivity index (χ3v) is 4.26. The predicted octanol–water partition coefficient (Wildman–Crippen LogP) is 2.91. The van der Waals surface area contributed by atoms with Crippen LogP contribution in [0.4, 0.5) is 4.39 Å². The van der Waals surface area contributed by atoms with Crippen molar-refractivity contribution in [1.29, 1.82) is 0 Å². The average Bonchev–Trinajstić information content (AvgIpc) is 2.85. The second kappa shape index (κ2) is 6.75. The molecule has 0 radical (unpaired) electrons. The highest BCUT2D eigenvalue weighted by molar-refractivity contribution is 5.86. The zero-order valence-corrected chi connectivity index (χ0v) is 13.4. The quantitative estimate of drug-likeness (QED) is 0.898. The van der Waals surface area contributed by atoms with Gasteiger partial charge in [0.05, 0.1) is 5.54 Å². The minimum atomic E-state index is -0.696. The van der Waals surface area contributed by atoms with Crippen LogP contribution in [0.5, 0.6) is 0 Å². The summed E-state index contributed by atoms with van der Waals surface area (Å²) in [5, 5.41) is 2.96.